The first-order valence-corrected chi connectivity index (χ1v) is 14.2. The van der Waals surface area contributed by atoms with Crippen molar-refractivity contribution in [2.45, 2.75) is 57.3 Å². The number of likely N-dealkylation sites (N-methyl/N-ethyl adjacent to an activating group) is 1. The highest BCUT2D eigenvalue weighted by Gasteiger charge is 2.45. The highest BCUT2D eigenvalue weighted by Crippen LogP contribution is 2.52. The fourth-order valence-electron chi connectivity index (χ4n) is 7.14. The maximum absolute atomic E-state index is 3.74. The van der Waals surface area contributed by atoms with E-state index in [1.54, 1.807) is 5.57 Å². The molecule has 0 bridgehead atoms. The van der Waals surface area contributed by atoms with Crippen molar-refractivity contribution in [1.82, 2.24) is 0 Å². The van der Waals surface area contributed by atoms with Gasteiger partial charge in [0.1, 0.15) is 7.05 Å². The molecule has 3 aliphatic rings. The first-order chi connectivity index (χ1) is 17.7. The van der Waals surface area contributed by atoms with Gasteiger partial charge in [-0.3, -0.25) is 0 Å². The van der Waals surface area contributed by atoms with Crippen molar-refractivity contribution < 1.29 is 4.58 Å². The van der Waals surface area contributed by atoms with E-state index in [4.69, 9.17) is 0 Å². The Morgan fingerprint density at radius 1 is 1.05 bits per heavy atom. The van der Waals surface area contributed by atoms with Gasteiger partial charge in [-0.05, 0) is 93.1 Å². The minimum Gasteiger partial charge on any atom is -0.347 e. The molecule has 0 fully saturated rings. The Balaban J connectivity index is 1.41. The molecule has 3 aromatic rings. The van der Waals surface area contributed by atoms with Crippen LogP contribution in [0.3, 0.4) is 0 Å². The van der Waals surface area contributed by atoms with E-state index in [2.05, 4.69) is 139 Å². The number of hydrogen-bond acceptors (Lipinski definition) is 1. The van der Waals surface area contributed by atoms with Crippen molar-refractivity contribution in [2.75, 3.05) is 19.0 Å². The predicted octanol–water partition coefficient (Wildman–Crippen LogP) is 8.96. The first-order valence-electron chi connectivity index (χ1n) is 13.5. The van der Waals surface area contributed by atoms with Gasteiger partial charge in [0.25, 0.3) is 0 Å². The number of fused-ring (bicyclic) bond motifs is 4. The van der Waals surface area contributed by atoms with Crippen LogP contribution in [0.5, 0.6) is 0 Å². The quantitative estimate of drug-likeness (QED) is 0.231. The minimum absolute atomic E-state index is 0.0463. The Morgan fingerprint density at radius 3 is 2.65 bits per heavy atom. The topological polar surface area (TPSA) is 6.25 Å². The van der Waals surface area contributed by atoms with Crippen molar-refractivity contribution in [3.05, 3.63) is 106 Å². The van der Waals surface area contributed by atoms with Gasteiger partial charge in [0.2, 0.25) is 5.69 Å². The van der Waals surface area contributed by atoms with E-state index in [0.29, 0.717) is 0 Å². The van der Waals surface area contributed by atoms with E-state index in [9.17, 15) is 0 Å². The second-order valence-corrected chi connectivity index (χ2v) is 12.6. The summed E-state index contributed by atoms with van der Waals surface area (Å²) in [6.07, 6.45) is 14.3. The Labute approximate surface area is 229 Å². The van der Waals surface area contributed by atoms with Gasteiger partial charge in [-0.15, -0.1) is 0 Å². The number of benzene rings is 3. The van der Waals surface area contributed by atoms with Crippen LogP contribution in [-0.2, 0) is 10.8 Å². The molecule has 1 aliphatic carbocycles. The van der Waals surface area contributed by atoms with Crippen LogP contribution in [0.1, 0.15) is 57.6 Å². The zero-order valence-corrected chi connectivity index (χ0v) is 24.2. The molecule has 2 aliphatic heterocycles. The molecular formula is C34H36BrN2+. The summed E-state index contributed by atoms with van der Waals surface area (Å²) in [5, 5.41) is 2.66. The van der Waals surface area contributed by atoms with Crippen LogP contribution in [0.2, 0.25) is 0 Å². The smallest absolute Gasteiger partial charge is 0.210 e. The van der Waals surface area contributed by atoms with Crippen molar-refractivity contribution in [3.63, 3.8) is 0 Å². The summed E-state index contributed by atoms with van der Waals surface area (Å²) < 4.78 is 3.53. The zero-order chi connectivity index (χ0) is 25.9. The SMILES string of the molecule is CN1/C(=C/C=C/C2=[N+](C)c3ccc4ccccc4c3C2(C)C)C(C)(CC2=CCCC2)c2cc(Br)ccc21. The van der Waals surface area contributed by atoms with E-state index >= 15 is 0 Å². The van der Waals surface area contributed by atoms with Gasteiger partial charge in [0.15, 0.2) is 5.71 Å². The Morgan fingerprint density at radius 2 is 1.86 bits per heavy atom. The summed E-state index contributed by atoms with van der Waals surface area (Å²) in [6.45, 7) is 7.15. The third-order valence-electron chi connectivity index (χ3n) is 8.96. The second kappa shape index (κ2) is 8.84. The van der Waals surface area contributed by atoms with Gasteiger partial charge in [-0.25, -0.2) is 0 Å². The summed E-state index contributed by atoms with van der Waals surface area (Å²) in [4.78, 5) is 2.40. The average molecular weight is 553 g/mol. The lowest BCUT2D eigenvalue weighted by Crippen LogP contribution is -2.27. The van der Waals surface area contributed by atoms with E-state index in [1.807, 2.05) is 0 Å². The van der Waals surface area contributed by atoms with Crippen LogP contribution in [-0.4, -0.2) is 24.4 Å². The third-order valence-corrected chi connectivity index (χ3v) is 9.45. The molecule has 0 saturated carbocycles. The molecule has 3 heteroatoms. The molecule has 37 heavy (non-hydrogen) atoms. The van der Waals surface area contributed by atoms with E-state index in [0.717, 1.165) is 10.9 Å². The highest BCUT2D eigenvalue weighted by molar-refractivity contribution is 9.10. The van der Waals surface area contributed by atoms with E-state index in [1.165, 1.54) is 63.9 Å². The van der Waals surface area contributed by atoms with Crippen molar-refractivity contribution in [2.24, 2.45) is 0 Å². The van der Waals surface area contributed by atoms with Crippen LogP contribution in [0, 0.1) is 0 Å². The molecular weight excluding hydrogens is 516 g/mol. The Hall–Kier alpha value is -2.91. The monoisotopic (exact) mass is 551 g/mol. The fraction of sp³-hybridized carbons (Fsp3) is 0.324. The molecule has 2 nitrogen and oxygen atoms in total. The van der Waals surface area contributed by atoms with Gasteiger partial charge in [-0.2, -0.15) is 4.58 Å². The minimum atomic E-state index is -0.0761. The first kappa shape index (κ1) is 24.4. The summed E-state index contributed by atoms with van der Waals surface area (Å²) in [5.74, 6) is 0. The molecule has 188 valence electrons. The van der Waals surface area contributed by atoms with Crippen LogP contribution in [0.15, 0.2) is 94.6 Å². The third kappa shape index (κ3) is 3.77. The highest BCUT2D eigenvalue weighted by atomic mass is 79.9. The maximum atomic E-state index is 3.74. The predicted molar refractivity (Wildman–Crippen MR) is 161 cm³/mol. The molecule has 0 N–H and O–H groups in total. The molecule has 0 aromatic heterocycles. The van der Waals surface area contributed by atoms with Gasteiger partial charge in [0, 0.05) is 46.0 Å². The standard InChI is InChI=1S/C34H36BrN2/c1-33(2)30(37(5)29-19-17-24-13-8-9-14-26(24)32(29)33)15-10-16-31-34(3,22-23-11-6-7-12-23)27-21-25(35)18-20-28(27)36(31)4/h8-11,13-21H,6-7,12,22H2,1-5H3/q+1. The number of hydrogen-bond donors (Lipinski definition) is 0. The molecule has 1 unspecified atom stereocenters. The average Bonchev–Trinajstić information content (AvgIpc) is 3.51. The molecule has 0 radical (unpaired) electrons. The largest absolute Gasteiger partial charge is 0.347 e. The number of rotatable bonds is 4. The Bertz CT molecular complexity index is 1550. The van der Waals surface area contributed by atoms with Crippen molar-refractivity contribution in [3.8, 4) is 0 Å². The van der Waals surface area contributed by atoms with Crippen LogP contribution >= 0.6 is 15.9 Å². The summed E-state index contributed by atoms with van der Waals surface area (Å²) in [6, 6.07) is 20.1. The van der Waals surface area contributed by atoms with Gasteiger partial charge >= 0.3 is 0 Å². The van der Waals surface area contributed by atoms with Crippen molar-refractivity contribution in [1.29, 1.82) is 0 Å². The van der Waals surface area contributed by atoms with E-state index in [-0.39, 0.29) is 10.8 Å². The molecule has 6 rings (SSSR count). The molecule has 0 saturated heterocycles. The van der Waals surface area contributed by atoms with Crippen LogP contribution < -0.4 is 4.90 Å². The molecule has 3 aromatic carbocycles. The number of halogens is 1. The van der Waals surface area contributed by atoms with Gasteiger partial charge in [-0.1, -0.05) is 57.9 Å². The lowest BCUT2D eigenvalue weighted by atomic mass is 9.76. The lowest BCUT2D eigenvalue weighted by molar-refractivity contribution is -0.401. The summed E-state index contributed by atoms with van der Waals surface area (Å²) >= 11 is 3.74. The number of allylic oxidation sites excluding steroid dienone is 6. The molecule has 0 spiro atoms. The number of nitrogens with zero attached hydrogens (tertiary/aromatic N) is 2. The second-order valence-electron chi connectivity index (χ2n) is 11.6. The fourth-order valence-corrected chi connectivity index (χ4v) is 7.50. The number of anilines is 1. The van der Waals surface area contributed by atoms with Gasteiger partial charge < -0.3 is 4.90 Å². The summed E-state index contributed by atoms with van der Waals surface area (Å²) in [7, 11) is 4.43. The molecule has 2 heterocycles. The summed E-state index contributed by atoms with van der Waals surface area (Å²) in [5.41, 5.74) is 9.65. The Kier molecular flexibility index (Phi) is 5.84. The lowest BCUT2D eigenvalue weighted by Gasteiger charge is -2.29. The van der Waals surface area contributed by atoms with E-state index < -0.39 is 0 Å². The van der Waals surface area contributed by atoms with Crippen LogP contribution in [0.4, 0.5) is 11.4 Å². The maximum Gasteiger partial charge on any atom is 0.210 e. The molecule has 0 amide bonds. The zero-order valence-electron chi connectivity index (χ0n) is 22.6. The van der Waals surface area contributed by atoms with Crippen LogP contribution in [0.25, 0.3) is 10.8 Å². The molecule has 1 atom stereocenters. The van der Waals surface area contributed by atoms with Crippen molar-refractivity contribution >= 4 is 43.8 Å². The normalized spacial score (nSPS) is 23.5. The van der Waals surface area contributed by atoms with Gasteiger partial charge in [0.05, 0.1) is 5.41 Å².